The summed E-state index contributed by atoms with van der Waals surface area (Å²) in [7, 11) is 2.12. The molecule has 0 aliphatic heterocycles. The third-order valence-electron chi connectivity index (χ3n) is 4.07. The molecule has 0 amide bonds. The zero-order valence-corrected chi connectivity index (χ0v) is 12.4. The van der Waals surface area contributed by atoms with Gasteiger partial charge in [0.25, 0.3) is 0 Å². The molecule has 4 heteroatoms. The lowest BCUT2D eigenvalue weighted by Crippen LogP contribution is -2.46. The van der Waals surface area contributed by atoms with Crippen LogP contribution in [0.3, 0.4) is 0 Å². The first kappa shape index (κ1) is 14.0. The Morgan fingerprint density at radius 2 is 2.11 bits per heavy atom. The van der Waals surface area contributed by atoms with E-state index in [1.54, 1.807) is 11.3 Å². The van der Waals surface area contributed by atoms with Gasteiger partial charge in [0.15, 0.2) is 0 Å². The number of nitrogens with zero attached hydrogens (tertiary/aromatic N) is 1. The van der Waals surface area contributed by atoms with Gasteiger partial charge in [0, 0.05) is 23.2 Å². The highest BCUT2D eigenvalue weighted by atomic mass is 32.1. The third-order valence-corrected chi connectivity index (χ3v) is 4.98. The predicted molar refractivity (Wildman–Crippen MR) is 78.1 cm³/mol. The fraction of sp³-hybridized carbons (Fsp3) is 0.786. The minimum atomic E-state index is 0.393. The Morgan fingerprint density at radius 1 is 1.33 bits per heavy atom. The van der Waals surface area contributed by atoms with Crippen molar-refractivity contribution in [3.8, 4) is 0 Å². The van der Waals surface area contributed by atoms with Crippen LogP contribution in [0.15, 0.2) is 6.20 Å². The SMILES string of the molecule is CNC1(CCNCc2ncc(C)s2)CCCCC1. The van der Waals surface area contributed by atoms with Gasteiger partial charge in [0.2, 0.25) is 0 Å². The Labute approximate surface area is 114 Å². The zero-order valence-electron chi connectivity index (χ0n) is 11.6. The molecule has 0 bridgehead atoms. The van der Waals surface area contributed by atoms with E-state index in [0.717, 1.165) is 13.1 Å². The molecular weight excluding hydrogens is 242 g/mol. The van der Waals surface area contributed by atoms with Gasteiger partial charge in [-0.3, -0.25) is 0 Å². The van der Waals surface area contributed by atoms with Crippen LogP contribution in [0.2, 0.25) is 0 Å². The average molecular weight is 267 g/mol. The molecule has 1 aliphatic rings. The normalized spacial score (nSPS) is 19.0. The summed E-state index contributed by atoms with van der Waals surface area (Å²) in [4.78, 5) is 5.67. The van der Waals surface area contributed by atoms with Gasteiger partial charge < -0.3 is 10.6 Å². The van der Waals surface area contributed by atoms with Crippen molar-refractivity contribution in [1.82, 2.24) is 15.6 Å². The number of nitrogens with one attached hydrogen (secondary N) is 2. The van der Waals surface area contributed by atoms with Crippen molar-refractivity contribution in [3.05, 3.63) is 16.1 Å². The van der Waals surface area contributed by atoms with Crippen LogP contribution >= 0.6 is 11.3 Å². The summed E-state index contributed by atoms with van der Waals surface area (Å²) in [6.45, 7) is 4.11. The van der Waals surface area contributed by atoms with E-state index in [0.29, 0.717) is 5.54 Å². The van der Waals surface area contributed by atoms with Gasteiger partial charge >= 0.3 is 0 Å². The summed E-state index contributed by atoms with van der Waals surface area (Å²) >= 11 is 1.79. The van der Waals surface area contributed by atoms with Gasteiger partial charge in [-0.15, -0.1) is 11.3 Å². The van der Waals surface area contributed by atoms with E-state index in [9.17, 15) is 0 Å². The summed E-state index contributed by atoms with van der Waals surface area (Å²) in [5.74, 6) is 0. The summed E-state index contributed by atoms with van der Waals surface area (Å²) in [6, 6.07) is 0. The maximum absolute atomic E-state index is 4.38. The van der Waals surface area contributed by atoms with Crippen molar-refractivity contribution in [1.29, 1.82) is 0 Å². The maximum atomic E-state index is 4.38. The van der Waals surface area contributed by atoms with E-state index in [-0.39, 0.29) is 0 Å². The Hall–Kier alpha value is -0.450. The monoisotopic (exact) mass is 267 g/mol. The van der Waals surface area contributed by atoms with Crippen LogP contribution in [-0.2, 0) is 6.54 Å². The fourth-order valence-corrected chi connectivity index (χ4v) is 3.62. The van der Waals surface area contributed by atoms with Crippen molar-refractivity contribution < 1.29 is 0 Å². The molecule has 2 N–H and O–H groups in total. The first-order valence-corrected chi connectivity index (χ1v) is 7.87. The topological polar surface area (TPSA) is 37.0 Å². The van der Waals surface area contributed by atoms with Gasteiger partial charge in [-0.05, 0) is 39.8 Å². The summed E-state index contributed by atoms with van der Waals surface area (Å²) in [5, 5.41) is 8.30. The smallest absolute Gasteiger partial charge is 0.107 e. The zero-order chi connectivity index (χ0) is 12.8. The van der Waals surface area contributed by atoms with E-state index < -0.39 is 0 Å². The molecular formula is C14H25N3S. The summed E-state index contributed by atoms with van der Waals surface area (Å²) < 4.78 is 0. The fourth-order valence-electron chi connectivity index (χ4n) is 2.86. The van der Waals surface area contributed by atoms with Crippen LogP contribution in [0.4, 0.5) is 0 Å². The predicted octanol–water partition coefficient (Wildman–Crippen LogP) is 2.85. The highest BCUT2D eigenvalue weighted by molar-refractivity contribution is 7.11. The molecule has 2 rings (SSSR count). The Kier molecular flexibility index (Phi) is 5.15. The molecule has 1 aromatic rings. The molecule has 1 saturated carbocycles. The first-order valence-electron chi connectivity index (χ1n) is 7.05. The van der Waals surface area contributed by atoms with Crippen molar-refractivity contribution in [2.24, 2.45) is 0 Å². The second kappa shape index (κ2) is 6.64. The molecule has 1 heterocycles. The molecule has 3 nitrogen and oxygen atoms in total. The second-order valence-corrected chi connectivity index (χ2v) is 6.70. The van der Waals surface area contributed by atoms with Crippen molar-refractivity contribution >= 4 is 11.3 Å². The Bertz CT molecular complexity index is 356. The van der Waals surface area contributed by atoms with E-state index >= 15 is 0 Å². The van der Waals surface area contributed by atoms with Crippen LogP contribution < -0.4 is 10.6 Å². The van der Waals surface area contributed by atoms with Crippen LogP contribution in [0.1, 0.15) is 48.4 Å². The third kappa shape index (κ3) is 3.77. The number of aromatic nitrogens is 1. The minimum Gasteiger partial charge on any atom is -0.314 e. The lowest BCUT2D eigenvalue weighted by Gasteiger charge is -2.37. The van der Waals surface area contributed by atoms with E-state index in [2.05, 4.69) is 29.6 Å². The lowest BCUT2D eigenvalue weighted by atomic mass is 9.79. The van der Waals surface area contributed by atoms with Crippen LogP contribution in [0, 0.1) is 6.92 Å². The molecule has 102 valence electrons. The molecule has 0 unspecified atom stereocenters. The molecule has 1 aliphatic carbocycles. The van der Waals surface area contributed by atoms with Gasteiger partial charge in [-0.2, -0.15) is 0 Å². The first-order chi connectivity index (χ1) is 8.74. The summed E-state index contributed by atoms with van der Waals surface area (Å²) in [6.07, 6.45) is 10.0. The summed E-state index contributed by atoms with van der Waals surface area (Å²) in [5.41, 5.74) is 0.393. The largest absolute Gasteiger partial charge is 0.314 e. The molecule has 18 heavy (non-hydrogen) atoms. The number of aryl methyl sites for hydroxylation is 1. The van der Waals surface area contributed by atoms with E-state index in [1.807, 2.05) is 6.20 Å². The lowest BCUT2D eigenvalue weighted by molar-refractivity contribution is 0.228. The molecule has 1 fully saturated rings. The van der Waals surface area contributed by atoms with Crippen LogP contribution in [0.25, 0.3) is 0 Å². The molecule has 0 atom stereocenters. The number of thiazole rings is 1. The van der Waals surface area contributed by atoms with Gasteiger partial charge in [0.1, 0.15) is 5.01 Å². The van der Waals surface area contributed by atoms with Crippen molar-refractivity contribution in [3.63, 3.8) is 0 Å². The second-order valence-electron chi connectivity index (χ2n) is 5.38. The quantitative estimate of drug-likeness (QED) is 0.778. The number of rotatable bonds is 6. The molecule has 0 spiro atoms. The van der Waals surface area contributed by atoms with Crippen LogP contribution in [-0.4, -0.2) is 24.1 Å². The molecule has 1 aromatic heterocycles. The number of hydrogen-bond donors (Lipinski definition) is 2. The van der Waals surface area contributed by atoms with Gasteiger partial charge in [0.05, 0.1) is 0 Å². The Balaban J connectivity index is 1.70. The maximum Gasteiger partial charge on any atom is 0.107 e. The standard InChI is InChI=1S/C14H25N3S/c1-12-10-17-13(18-12)11-16-9-8-14(15-2)6-4-3-5-7-14/h10,15-16H,3-9,11H2,1-2H3. The van der Waals surface area contributed by atoms with Crippen molar-refractivity contribution in [2.75, 3.05) is 13.6 Å². The van der Waals surface area contributed by atoms with E-state index in [1.165, 1.54) is 48.4 Å². The average Bonchev–Trinajstić information content (AvgIpc) is 2.82. The molecule has 0 aromatic carbocycles. The highest BCUT2D eigenvalue weighted by Gasteiger charge is 2.29. The Morgan fingerprint density at radius 3 is 2.72 bits per heavy atom. The van der Waals surface area contributed by atoms with E-state index in [4.69, 9.17) is 0 Å². The molecule has 0 saturated heterocycles. The van der Waals surface area contributed by atoms with Gasteiger partial charge in [-0.1, -0.05) is 19.3 Å². The van der Waals surface area contributed by atoms with Gasteiger partial charge in [-0.25, -0.2) is 4.98 Å². The molecule has 0 radical (unpaired) electrons. The van der Waals surface area contributed by atoms with Crippen molar-refractivity contribution in [2.45, 2.75) is 57.5 Å². The number of hydrogen-bond acceptors (Lipinski definition) is 4. The highest BCUT2D eigenvalue weighted by Crippen LogP contribution is 2.30. The van der Waals surface area contributed by atoms with Crippen LogP contribution in [0.5, 0.6) is 0 Å². The minimum absolute atomic E-state index is 0.393.